The van der Waals surface area contributed by atoms with Crippen LogP contribution in [-0.4, -0.2) is 23.8 Å². The number of nitrogens with zero attached hydrogens (tertiary/aromatic N) is 1. The van der Waals surface area contributed by atoms with Crippen LogP contribution in [0.25, 0.3) is 0 Å². The summed E-state index contributed by atoms with van der Waals surface area (Å²) in [5, 5.41) is 3.55. The van der Waals surface area contributed by atoms with Crippen LogP contribution in [0.2, 0.25) is 0 Å². The number of rotatable bonds is 4. The van der Waals surface area contributed by atoms with Gasteiger partial charge in [0.2, 0.25) is 0 Å². The molecular formula is C12H20N2O. The van der Waals surface area contributed by atoms with Crippen LogP contribution in [0.1, 0.15) is 25.5 Å². The average molecular weight is 208 g/mol. The van der Waals surface area contributed by atoms with Crippen molar-refractivity contribution >= 4 is 0 Å². The minimum Gasteiger partial charge on any atom is -0.380 e. The largest absolute Gasteiger partial charge is 0.380 e. The lowest BCUT2D eigenvalue weighted by Gasteiger charge is -2.23. The van der Waals surface area contributed by atoms with Crippen molar-refractivity contribution in [3.05, 3.63) is 24.0 Å². The summed E-state index contributed by atoms with van der Waals surface area (Å²) in [4.78, 5) is 0. The highest BCUT2D eigenvalue weighted by atomic mass is 16.5. The molecule has 15 heavy (non-hydrogen) atoms. The molecule has 0 aromatic carbocycles. The van der Waals surface area contributed by atoms with E-state index in [1.165, 1.54) is 18.5 Å². The SMILES string of the molecule is CCn1cccc1CNC1CCCOC1. The Morgan fingerprint density at radius 3 is 3.27 bits per heavy atom. The number of aromatic nitrogens is 1. The van der Waals surface area contributed by atoms with Crippen molar-refractivity contribution in [3.8, 4) is 0 Å². The minimum absolute atomic E-state index is 0.541. The molecule has 3 heteroatoms. The van der Waals surface area contributed by atoms with E-state index in [0.717, 1.165) is 26.3 Å². The number of hydrogen-bond donors (Lipinski definition) is 1. The van der Waals surface area contributed by atoms with Gasteiger partial charge in [0, 0.05) is 37.6 Å². The molecule has 0 saturated carbocycles. The Labute approximate surface area is 91.4 Å². The topological polar surface area (TPSA) is 26.2 Å². The molecule has 1 atom stereocenters. The first kappa shape index (κ1) is 10.7. The van der Waals surface area contributed by atoms with E-state index < -0.39 is 0 Å². The second-order valence-electron chi connectivity index (χ2n) is 4.08. The van der Waals surface area contributed by atoms with Crippen LogP contribution in [0, 0.1) is 0 Å². The Morgan fingerprint density at radius 2 is 2.53 bits per heavy atom. The summed E-state index contributed by atoms with van der Waals surface area (Å²) >= 11 is 0. The Bertz CT molecular complexity index is 290. The molecule has 0 amide bonds. The highest BCUT2D eigenvalue weighted by Crippen LogP contribution is 2.08. The fourth-order valence-corrected chi connectivity index (χ4v) is 2.07. The maximum absolute atomic E-state index is 5.44. The molecule has 1 unspecified atom stereocenters. The Balaban J connectivity index is 1.81. The van der Waals surface area contributed by atoms with Gasteiger partial charge in [-0.15, -0.1) is 0 Å². The van der Waals surface area contributed by atoms with Crippen molar-refractivity contribution in [2.24, 2.45) is 0 Å². The summed E-state index contributed by atoms with van der Waals surface area (Å²) in [5.74, 6) is 0. The van der Waals surface area contributed by atoms with Gasteiger partial charge in [0.05, 0.1) is 6.61 Å². The third-order valence-electron chi connectivity index (χ3n) is 3.00. The molecule has 1 aliphatic rings. The fraction of sp³-hybridized carbons (Fsp3) is 0.667. The average Bonchev–Trinajstić information content (AvgIpc) is 2.75. The van der Waals surface area contributed by atoms with Crippen LogP contribution >= 0.6 is 0 Å². The van der Waals surface area contributed by atoms with E-state index in [2.05, 4.69) is 35.1 Å². The van der Waals surface area contributed by atoms with Crippen LogP contribution in [0.15, 0.2) is 18.3 Å². The van der Waals surface area contributed by atoms with Crippen molar-refractivity contribution < 1.29 is 4.74 Å². The minimum atomic E-state index is 0.541. The molecule has 0 radical (unpaired) electrons. The summed E-state index contributed by atoms with van der Waals surface area (Å²) in [6, 6.07) is 4.83. The van der Waals surface area contributed by atoms with Crippen LogP contribution in [0.4, 0.5) is 0 Å². The number of aryl methyl sites for hydroxylation is 1. The van der Waals surface area contributed by atoms with Crippen LogP contribution in [-0.2, 0) is 17.8 Å². The van der Waals surface area contributed by atoms with Gasteiger partial charge in [-0.1, -0.05) is 0 Å². The predicted molar refractivity (Wildman–Crippen MR) is 60.8 cm³/mol. The fourth-order valence-electron chi connectivity index (χ4n) is 2.07. The van der Waals surface area contributed by atoms with Crippen molar-refractivity contribution in [2.45, 2.75) is 38.9 Å². The maximum Gasteiger partial charge on any atom is 0.0619 e. The number of hydrogen-bond acceptors (Lipinski definition) is 2. The van der Waals surface area contributed by atoms with Gasteiger partial charge in [-0.3, -0.25) is 0 Å². The van der Waals surface area contributed by atoms with E-state index in [1.807, 2.05) is 0 Å². The maximum atomic E-state index is 5.44. The van der Waals surface area contributed by atoms with Crippen molar-refractivity contribution in [3.63, 3.8) is 0 Å². The van der Waals surface area contributed by atoms with Crippen LogP contribution in [0.5, 0.6) is 0 Å². The van der Waals surface area contributed by atoms with Gasteiger partial charge in [-0.05, 0) is 31.9 Å². The first-order valence-corrected chi connectivity index (χ1v) is 5.85. The Hall–Kier alpha value is -0.800. The van der Waals surface area contributed by atoms with Gasteiger partial charge in [-0.2, -0.15) is 0 Å². The number of nitrogens with one attached hydrogen (secondary N) is 1. The highest BCUT2D eigenvalue weighted by Gasteiger charge is 2.13. The van der Waals surface area contributed by atoms with Crippen LogP contribution in [0.3, 0.4) is 0 Å². The summed E-state index contributed by atoms with van der Waals surface area (Å²) in [6.45, 7) is 5.98. The van der Waals surface area contributed by atoms with Gasteiger partial charge in [0.1, 0.15) is 0 Å². The Kier molecular flexibility index (Phi) is 3.80. The molecule has 2 rings (SSSR count). The van der Waals surface area contributed by atoms with Crippen molar-refractivity contribution in [1.29, 1.82) is 0 Å². The second-order valence-corrected chi connectivity index (χ2v) is 4.08. The third kappa shape index (κ3) is 2.83. The zero-order valence-corrected chi connectivity index (χ0v) is 9.41. The van der Waals surface area contributed by atoms with Gasteiger partial charge in [-0.25, -0.2) is 0 Å². The Morgan fingerprint density at radius 1 is 1.60 bits per heavy atom. The van der Waals surface area contributed by atoms with E-state index in [1.54, 1.807) is 0 Å². The van der Waals surface area contributed by atoms with E-state index in [9.17, 15) is 0 Å². The van der Waals surface area contributed by atoms with Gasteiger partial charge >= 0.3 is 0 Å². The second kappa shape index (κ2) is 5.33. The van der Waals surface area contributed by atoms with E-state index in [-0.39, 0.29) is 0 Å². The molecule has 0 spiro atoms. The summed E-state index contributed by atoms with van der Waals surface area (Å²) in [6.07, 6.45) is 4.56. The third-order valence-corrected chi connectivity index (χ3v) is 3.00. The molecule has 3 nitrogen and oxygen atoms in total. The molecule has 1 aromatic rings. The van der Waals surface area contributed by atoms with Gasteiger partial charge in [0.15, 0.2) is 0 Å². The lowest BCUT2D eigenvalue weighted by atomic mass is 10.1. The summed E-state index contributed by atoms with van der Waals surface area (Å²) in [5.41, 5.74) is 1.36. The molecule has 2 heterocycles. The highest BCUT2D eigenvalue weighted by molar-refractivity contribution is 5.06. The standard InChI is InChI=1S/C12H20N2O/c1-2-14-7-3-6-12(14)9-13-11-5-4-8-15-10-11/h3,6-7,11,13H,2,4-5,8-10H2,1H3. The van der Waals surface area contributed by atoms with Crippen LogP contribution < -0.4 is 5.32 Å². The first-order chi connectivity index (χ1) is 7.40. The van der Waals surface area contributed by atoms with Gasteiger partial charge in [0.25, 0.3) is 0 Å². The molecule has 1 aromatic heterocycles. The predicted octanol–water partition coefficient (Wildman–Crippen LogP) is 1.78. The molecule has 0 bridgehead atoms. The zero-order chi connectivity index (χ0) is 10.5. The quantitative estimate of drug-likeness (QED) is 0.816. The lowest BCUT2D eigenvalue weighted by Crippen LogP contribution is -2.36. The molecule has 1 fully saturated rings. The van der Waals surface area contributed by atoms with Crippen molar-refractivity contribution in [1.82, 2.24) is 9.88 Å². The molecule has 84 valence electrons. The smallest absolute Gasteiger partial charge is 0.0619 e. The monoisotopic (exact) mass is 208 g/mol. The molecule has 1 N–H and O–H groups in total. The normalized spacial score (nSPS) is 21.8. The number of ether oxygens (including phenoxy) is 1. The lowest BCUT2D eigenvalue weighted by molar-refractivity contribution is 0.0697. The molecule has 1 saturated heterocycles. The zero-order valence-electron chi connectivity index (χ0n) is 9.41. The van der Waals surface area contributed by atoms with Gasteiger partial charge < -0.3 is 14.6 Å². The summed E-state index contributed by atoms with van der Waals surface area (Å²) in [7, 11) is 0. The van der Waals surface area contributed by atoms with E-state index in [0.29, 0.717) is 6.04 Å². The summed E-state index contributed by atoms with van der Waals surface area (Å²) < 4.78 is 7.71. The molecule has 0 aliphatic carbocycles. The molecular weight excluding hydrogens is 188 g/mol. The molecule has 1 aliphatic heterocycles. The van der Waals surface area contributed by atoms with E-state index in [4.69, 9.17) is 4.74 Å². The van der Waals surface area contributed by atoms with E-state index >= 15 is 0 Å². The first-order valence-electron chi connectivity index (χ1n) is 5.85. The van der Waals surface area contributed by atoms with Crippen molar-refractivity contribution in [2.75, 3.05) is 13.2 Å².